The smallest absolute Gasteiger partial charge is 0.270 e. The molecular weight excluding hydrogens is 527 g/mol. The fourth-order valence-corrected chi connectivity index (χ4v) is 4.22. The normalized spacial score (nSPS) is 15.5. The van der Waals surface area contributed by atoms with Gasteiger partial charge in [-0.05, 0) is 103 Å². The number of hydrogen-bond acceptors (Lipinski definition) is 5. The molecule has 0 aromatic heterocycles. The van der Waals surface area contributed by atoms with Crippen LogP contribution in [0, 0.1) is 17.4 Å². The Labute approximate surface area is 200 Å². The summed E-state index contributed by atoms with van der Waals surface area (Å²) >= 11 is 7.46. The van der Waals surface area contributed by atoms with Gasteiger partial charge in [0.2, 0.25) is 0 Å². The second-order valence-corrected chi connectivity index (χ2v) is 8.93. The molecule has 1 N–H and O–H groups in total. The van der Waals surface area contributed by atoms with E-state index in [-0.39, 0.29) is 16.8 Å². The zero-order valence-corrected chi connectivity index (χ0v) is 20.9. The van der Waals surface area contributed by atoms with Crippen LogP contribution in [-0.2, 0) is 9.59 Å². The number of carbonyl (C=O) groups is 2. The second kappa shape index (κ2) is 9.35. The number of amides is 2. The van der Waals surface area contributed by atoms with Gasteiger partial charge in [0.05, 0.1) is 22.5 Å². The van der Waals surface area contributed by atoms with Crippen molar-refractivity contribution in [1.82, 2.24) is 5.32 Å². The molecule has 1 saturated heterocycles. The summed E-state index contributed by atoms with van der Waals surface area (Å²) in [7, 11) is 1.55. The Morgan fingerprint density at radius 1 is 1.19 bits per heavy atom. The van der Waals surface area contributed by atoms with Crippen molar-refractivity contribution < 1.29 is 19.1 Å². The quantitative estimate of drug-likeness (QED) is 0.257. The first kappa shape index (κ1) is 23.2. The molecule has 0 spiro atoms. The molecule has 0 bridgehead atoms. The van der Waals surface area contributed by atoms with Crippen molar-refractivity contribution in [2.45, 2.75) is 33.8 Å². The Morgan fingerprint density at radius 2 is 1.90 bits per heavy atom. The van der Waals surface area contributed by atoms with Crippen molar-refractivity contribution in [3.05, 3.63) is 56.2 Å². The van der Waals surface area contributed by atoms with E-state index in [4.69, 9.17) is 21.7 Å². The molecule has 1 heterocycles. The average Bonchev–Trinajstić information content (AvgIpc) is 2.69. The summed E-state index contributed by atoms with van der Waals surface area (Å²) < 4.78 is 12.1. The van der Waals surface area contributed by atoms with Gasteiger partial charge in [0.15, 0.2) is 16.6 Å². The van der Waals surface area contributed by atoms with E-state index in [0.29, 0.717) is 22.7 Å². The molecule has 31 heavy (non-hydrogen) atoms. The van der Waals surface area contributed by atoms with Crippen LogP contribution < -0.4 is 19.7 Å². The summed E-state index contributed by atoms with van der Waals surface area (Å²) in [4.78, 5) is 27.3. The van der Waals surface area contributed by atoms with Gasteiger partial charge in [-0.3, -0.25) is 19.8 Å². The van der Waals surface area contributed by atoms with E-state index in [1.165, 1.54) is 4.90 Å². The number of thiocarbonyl (C=S) groups is 1. The molecule has 1 aliphatic heterocycles. The van der Waals surface area contributed by atoms with E-state index in [2.05, 4.69) is 27.9 Å². The minimum absolute atomic E-state index is 0.00936. The summed E-state index contributed by atoms with van der Waals surface area (Å²) in [6, 6.07) is 9.20. The second-order valence-electron chi connectivity index (χ2n) is 7.38. The predicted molar refractivity (Wildman–Crippen MR) is 134 cm³/mol. The third-order valence-corrected chi connectivity index (χ3v) is 5.92. The van der Waals surface area contributed by atoms with Crippen LogP contribution in [0.1, 0.15) is 30.5 Å². The molecule has 8 heteroatoms. The van der Waals surface area contributed by atoms with Crippen molar-refractivity contribution in [2.24, 2.45) is 0 Å². The molecule has 162 valence electrons. The third-order valence-electron chi connectivity index (χ3n) is 4.83. The van der Waals surface area contributed by atoms with Crippen LogP contribution in [0.3, 0.4) is 0 Å². The van der Waals surface area contributed by atoms with Crippen LogP contribution in [0.15, 0.2) is 35.9 Å². The number of rotatable bonds is 5. The molecule has 0 saturated carbocycles. The van der Waals surface area contributed by atoms with Gasteiger partial charge in [-0.25, -0.2) is 0 Å². The third kappa shape index (κ3) is 4.74. The monoisotopic (exact) mass is 550 g/mol. The first-order valence-electron chi connectivity index (χ1n) is 9.66. The molecule has 3 rings (SSSR count). The maximum Gasteiger partial charge on any atom is 0.270 e. The highest BCUT2D eigenvalue weighted by Gasteiger charge is 2.35. The average molecular weight is 550 g/mol. The minimum Gasteiger partial charge on any atom is -0.493 e. The first-order valence-corrected chi connectivity index (χ1v) is 11.1. The van der Waals surface area contributed by atoms with Gasteiger partial charge in [0.1, 0.15) is 5.57 Å². The van der Waals surface area contributed by atoms with Crippen molar-refractivity contribution in [3.8, 4) is 11.5 Å². The summed E-state index contributed by atoms with van der Waals surface area (Å²) in [6.45, 7) is 7.74. The standard InChI is InChI=1S/C23H23IN2O4S/c1-12(2)30-20-17(24)10-15(11-19(20)29-5)9-16-21(27)25-23(31)26(22(16)28)18-8-6-7-13(3)14(18)4/h6-12H,1-5H3,(H,25,27,31)/b16-9+. The summed E-state index contributed by atoms with van der Waals surface area (Å²) in [5.74, 6) is 0.142. The van der Waals surface area contributed by atoms with E-state index in [9.17, 15) is 9.59 Å². The van der Waals surface area contributed by atoms with Crippen molar-refractivity contribution in [2.75, 3.05) is 12.0 Å². The SMILES string of the molecule is COc1cc(/C=C2\C(=O)NC(=S)N(c3cccc(C)c3C)C2=O)cc(I)c1OC(C)C. The molecule has 1 fully saturated rings. The fraction of sp³-hybridized carbons (Fsp3) is 0.261. The molecule has 2 aromatic carbocycles. The Kier molecular flexibility index (Phi) is 7.00. The summed E-state index contributed by atoms with van der Waals surface area (Å²) in [6.07, 6.45) is 1.52. The Morgan fingerprint density at radius 3 is 2.55 bits per heavy atom. The van der Waals surface area contributed by atoms with Gasteiger partial charge in [-0.1, -0.05) is 12.1 Å². The van der Waals surface area contributed by atoms with Crippen LogP contribution in [0.5, 0.6) is 11.5 Å². The molecular formula is C23H23IN2O4S. The zero-order valence-electron chi connectivity index (χ0n) is 17.9. The van der Waals surface area contributed by atoms with Crippen LogP contribution in [0.25, 0.3) is 6.08 Å². The number of aryl methyl sites for hydroxylation is 1. The zero-order chi connectivity index (χ0) is 22.9. The molecule has 2 amide bonds. The van der Waals surface area contributed by atoms with Crippen LogP contribution in [0.4, 0.5) is 5.69 Å². The van der Waals surface area contributed by atoms with Gasteiger partial charge < -0.3 is 9.47 Å². The van der Waals surface area contributed by atoms with Crippen LogP contribution in [0.2, 0.25) is 0 Å². The molecule has 1 aliphatic rings. The molecule has 0 aliphatic carbocycles. The van der Waals surface area contributed by atoms with Crippen molar-refractivity contribution in [3.63, 3.8) is 0 Å². The number of halogens is 1. The maximum absolute atomic E-state index is 13.3. The van der Waals surface area contributed by atoms with Gasteiger partial charge in [-0.15, -0.1) is 0 Å². The predicted octanol–water partition coefficient (Wildman–Crippen LogP) is 4.54. The number of nitrogens with zero attached hydrogens (tertiary/aromatic N) is 1. The van der Waals surface area contributed by atoms with Crippen molar-refractivity contribution >= 4 is 63.5 Å². The lowest BCUT2D eigenvalue weighted by Crippen LogP contribution is -2.54. The number of methoxy groups -OCH3 is 1. The van der Waals surface area contributed by atoms with E-state index >= 15 is 0 Å². The van der Waals surface area contributed by atoms with E-state index in [1.807, 2.05) is 52.0 Å². The molecule has 2 aromatic rings. The highest BCUT2D eigenvalue weighted by molar-refractivity contribution is 14.1. The van der Waals surface area contributed by atoms with Gasteiger partial charge >= 0.3 is 0 Å². The highest BCUT2D eigenvalue weighted by atomic mass is 127. The Balaban J connectivity index is 2.06. The van der Waals surface area contributed by atoms with Gasteiger partial charge in [-0.2, -0.15) is 0 Å². The number of nitrogens with one attached hydrogen (secondary N) is 1. The molecule has 0 atom stereocenters. The highest BCUT2D eigenvalue weighted by Crippen LogP contribution is 2.36. The maximum atomic E-state index is 13.3. The number of anilines is 1. The summed E-state index contributed by atoms with van der Waals surface area (Å²) in [5, 5.41) is 2.69. The lowest BCUT2D eigenvalue weighted by Gasteiger charge is -2.30. The van der Waals surface area contributed by atoms with E-state index < -0.39 is 11.8 Å². The van der Waals surface area contributed by atoms with E-state index in [1.54, 1.807) is 19.3 Å². The van der Waals surface area contributed by atoms with Crippen LogP contribution >= 0.6 is 34.8 Å². The lowest BCUT2D eigenvalue weighted by molar-refractivity contribution is -0.122. The summed E-state index contributed by atoms with van der Waals surface area (Å²) in [5.41, 5.74) is 3.22. The largest absolute Gasteiger partial charge is 0.493 e. The fourth-order valence-electron chi connectivity index (χ4n) is 3.19. The number of carbonyl (C=O) groups excluding carboxylic acids is 2. The molecule has 0 radical (unpaired) electrons. The molecule has 6 nitrogen and oxygen atoms in total. The van der Waals surface area contributed by atoms with Crippen LogP contribution in [-0.4, -0.2) is 30.1 Å². The Hall–Kier alpha value is -2.46. The Bertz CT molecular complexity index is 1110. The number of benzene rings is 2. The lowest BCUT2D eigenvalue weighted by atomic mass is 10.0. The topological polar surface area (TPSA) is 67.9 Å². The van der Waals surface area contributed by atoms with Gasteiger partial charge in [0, 0.05) is 0 Å². The number of ether oxygens (including phenoxy) is 2. The van der Waals surface area contributed by atoms with Crippen molar-refractivity contribution in [1.29, 1.82) is 0 Å². The van der Waals surface area contributed by atoms with Gasteiger partial charge in [0.25, 0.3) is 11.8 Å². The molecule has 0 unspecified atom stereocenters. The first-order chi connectivity index (χ1) is 14.6. The minimum atomic E-state index is -0.534. The number of hydrogen-bond donors (Lipinski definition) is 1. The van der Waals surface area contributed by atoms with E-state index in [0.717, 1.165) is 14.7 Å².